The minimum Gasteiger partial charge on any atom is -0.497 e. The van der Waals surface area contributed by atoms with E-state index in [0.29, 0.717) is 24.0 Å². The number of aromatic nitrogens is 4. The van der Waals surface area contributed by atoms with E-state index in [-0.39, 0.29) is 24.3 Å². The van der Waals surface area contributed by atoms with Crippen LogP contribution in [0.3, 0.4) is 0 Å². The van der Waals surface area contributed by atoms with E-state index >= 15 is 0 Å². The van der Waals surface area contributed by atoms with Gasteiger partial charge in [0.1, 0.15) is 17.4 Å². The van der Waals surface area contributed by atoms with Crippen LogP contribution >= 0.6 is 0 Å². The van der Waals surface area contributed by atoms with E-state index in [0.717, 1.165) is 29.7 Å². The molecule has 2 amide bonds. The highest BCUT2D eigenvalue weighted by atomic mass is 16.5. The standard InChI is InChI=1S/C24H28N6O3/c1-4-5-12-30-21(31)14-19(22(30)16-6-8-18(33-3)9-7-16)24(32)27-20-13-17(10-11-25-20)23-26-15(2)28-29-23/h6-11,13,19,22H,4-5,12,14H2,1-3H3,(H,25,27,32)(H,26,28,29). The molecule has 0 bridgehead atoms. The van der Waals surface area contributed by atoms with Crippen LogP contribution in [0.15, 0.2) is 42.6 Å². The topological polar surface area (TPSA) is 113 Å². The average molecular weight is 449 g/mol. The van der Waals surface area contributed by atoms with E-state index in [1.165, 1.54) is 0 Å². The second-order valence-corrected chi connectivity index (χ2v) is 8.13. The minimum absolute atomic E-state index is 0.0117. The summed E-state index contributed by atoms with van der Waals surface area (Å²) in [6.45, 7) is 4.52. The highest BCUT2D eigenvalue weighted by Crippen LogP contribution is 2.39. The Balaban J connectivity index is 1.58. The third kappa shape index (κ3) is 4.87. The maximum absolute atomic E-state index is 13.3. The molecule has 33 heavy (non-hydrogen) atoms. The summed E-state index contributed by atoms with van der Waals surface area (Å²) in [6, 6.07) is 10.7. The Bertz CT molecular complexity index is 1130. The first-order valence-electron chi connectivity index (χ1n) is 11.1. The van der Waals surface area contributed by atoms with Gasteiger partial charge in [-0.2, -0.15) is 5.10 Å². The Hall–Kier alpha value is -3.75. The summed E-state index contributed by atoms with van der Waals surface area (Å²) >= 11 is 0. The van der Waals surface area contributed by atoms with Crippen molar-refractivity contribution in [1.82, 2.24) is 25.1 Å². The van der Waals surface area contributed by atoms with Crippen molar-refractivity contribution in [3.05, 3.63) is 54.0 Å². The smallest absolute Gasteiger partial charge is 0.231 e. The second kappa shape index (κ2) is 9.81. The maximum Gasteiger partial charge on any atom is 0.231 e. The van der Waals surface area contributed by atoms with Crippen LogP contribution in [0.1, 0.15) is 43.6 Å². The van der Waals surface area contributed by atoms with E-state index in [9.17, 15) is 9.59 Å². The Labute approximate surface area is 192 Å². The van der Waals surface area contributed by atoms with Crippen LogP contribution in [0.2, 0.25) is 0 Å². The summed E-state index contributed by atoms with van der Waals surface area (Å²) in [5.41, 5.74) is 1.65. The van der Waals surface area contributed by atoms with E-state index < -0.39 is 5.92 Å². The third-order valence-electron chi connectivity index (χ3n) is 5.85. The number of ether oxygens (including phenoxy) is 1. The van der Waals surface area contributed by atoms with Crippen molar-refractivity contribution in [3.8, 4) is 17.1 Å². The zero-order valence-corrected chi connectivity index (χ0v) is 19.0. The number of anilines is 1. The zero-order chi connectivity index (χ0) is 23.4. The SMILES string of the molecule is CCCCN1C(=O)CC(C(=O)Nc2cc(-c3n[nH]c(C)n3)ccn2)C1c1ccc(OC)cc1. The second-order valence-electron chi connectivity index (χ2n) is 8.13. The lowest BCUT2D eigenvalue weighted by Gasteiger charge is -2.28. The average Bonchev–Trinajstić information content (AvgIpc) is 3.41. The molecule has 4 rings (SSSR count). The quantitative estimate of drug-likeness (QED) is 0.545. The van der Waals surface area contributed by atoms with Crippen LogP contribution in [0.25, 0.3) is 11.4 Å². The molecular formula is C24H28N6O3. The molecular weight excluding hydrogens is 420 g/mol. The van der Waals surface area contributed by atoms with Gasteiger partial charge in [0.2, 0.25) is 11.8 Å². The molecule has 2 atom stereocenters. The molecule has 3 aromatic rings. The fourth-order valence-corrected chi connectivity index (χ4v) is 4.16. The summed E-state index contributed by atoms with van der Waals surface area (Å²) in [7, 11) is 1.61. The summed E-state index contributed by atoms with van der Waals surface area (Å²) in [6.07, 6.45) is 3.61. The molecule has 0 spiro atoms. The van der Waals surface area contributed by atoms with Crippen LogP contribution in [0, 0.1) is 12.8 Å². The molecule has 172 valence electrons. The first-order valence-corrected chi connectivity index (χ1v) is 11.1. The number of aryl methyl sites for hydroxylation is 1. The largest absolute Gasteiger partial charge is 0.497 e. The fraction of sp³-hybridized carbons (Fsp3) is 0.375. The number of carbonyl (C=O) groups excluding carboxylic acids is 2. The van der Waals surface area contributed by atoms with Gasteiger partial charge in [-0.15, -0.1) is 0 Å². The summed E-state index contributed by atoms with van der Waals surface area (Å²) in [4.78, 5) is 36.7. The number of nitrogens with one attached hydrogen (secondary N) is 2. The molecule has 9 heteroatoms. The summed E-state index contributed by atoms with van der Waals surface area (Å²) < 4.78 is 5.27. The Morgan fingerprint density at radius 2 is 2.06 bits per heavy atom. The fourth-order valence-electron chi connectivity index (χ4n) is 4.16. The molecule has 3 heterocycles. The van der Waals surface area contributed by atoms with Gasteiger partial charge in [-0.1, -0.05) is 25.5 Å². The molecule has 9 nitrogen and oxygen atoms in total. The van der Waals surface area contributed by atoms with E-state index in [2.05, 4.69) is 32.4 Å². The predicted molar refractivity (Wildman–Crippen MR) is 123 cm³/mol. The van der Waals surface area contributed by atoms with Crippen LogP contribution in [-0.2, 0) is 9.59 Å². The molecule has 2 unspecified atom stereocenters. The number of likely N-dealkylation sites (tertiary alicyclic amines) is 1. The van der Waals surface area contributed by atoms with Crippen LogP contribution in [0.5, 0.6) is 5.75 Å². The predicted octanol–water partition coefficient (Wildman–Crippen LogP) is 3.51. The molecule has 1 aliphatic rings. The highest BCUT2D eigenvalue weighted by molar-refractivity contribution is 5.97. The minimum atomic E-state index is -0.529. The van der Waals surface area contributed by atoms with Gasteiger partial charge in [0, 0.05) is 24.7 Å². The number of aromatic amines is 1. The molecule has 2 aromatic heterocycles. The van der Waals surface area contributed by atoms with Crippen molar-refractivity contribution in [2.75, 3.05) is 19.0 Å². The van der Waals surface area contributed by atoms with Crippen molar-refractivity contribution in [2.24, 2.45) is 5.92 Å². The van der Waals surface area contributed by atoms with Gasteiger partial charge >= 0.3 is 0 Å². The van der Waals surface area contributed by atoms with Crippen LogP contribution < -0.4 is 10.1 Å². The number of nitrogens with zero attached hydrogens (tertiary/aromatic N) is 4. The molecule has 0 radical (unpaired) electrons. The lowest BCUT2D eigenvalue weighted by molar-refractivity contribution is -0.129. The van der Waals surface area contributed by atoms with Crippen molar-refractivity contribution in [3.63, 3.8) is 0 Å². The lowest BCUT2D eigenvalue weighted by Crippen LogP contribution is -2.33. The Kier molecular flexibility index (Phi) is 6.67. The number of unbranched alkanes of at least 4 members (excludes halogenated alkanes) is 1. The zero-order valence-electron chi connectivity index (χ0n) is 19.0. The maximum atomic E-state index is 13.3. The van der Waals surface area contributed by atoms with Crippen LogP contribution in [-0.4, -0.2) is 50.5 Å². The molecule has 1 aliphatic heterocycles. The van der Waals surface area contributed by atoms with Crippen molar-refractivity contribution >= 4 is 17.6 Å². The third-order valence-corrected chi connectivity index (χ3v) is 5.85. The Morgan fingerprint density at radius 3 is 2.73 bits per heavy atom. The van der Waals surface area contributed by atoms with Gasteiger partial charge in [-0.3, -0.25) is 14.7 Å². The normalized spacial score (nSPS) is 17.9. The molecule has 1 saturated heterocycles. The number of amides is 2. The first-order chi connectivity index (χ1) is 16.0. The molecule has 1 fully saturated rings. The first kappa shape index (κ1) is 22.4. The summed E-state index contributed by atoms with van der Waals surface area (Å²) in [5.74, 6) is 1.58. The van der Waals surface area contributed by atoms with Crippen molar-refractivity contribution in [2.45, 2.75) is 39.2 Å². The summed E-state index contributed by atoms with van der Waals surface area (Å²) in [5, 5.41) is 9.87. The highest BCUT2D eigenvalue weighted by Gasteiger charge is 2.44. The number of hydrogen-bond acceptors (Lipinski definition) is 6. The number of pyridine rings is 1. The van der Waals surface area contributed by atoms with Gasteiger partial charge in [0.05, 0.1) is 19.1 Å². The lowest BCUT2D eigenvalue weighted by atomic mass is 9.92. The number of rotatable bonds is 8. The number of hydrogen-bond donors (Lipinski definition) is 2. The van der Waals surface area contributed by atoms with E-state index in [1.54, 1.807) is 25.4 Å². The van der Waals surface area contributed by atoms with Crippen molar-refractivity contribution < 1.29 is 14.3 Å². The van der Waals surface area contributed by atoms with Crippen molar-refractivity contribution in [1.29, 1.82) is 0 Å². The molecule has 1 aromatic carbocycles. The molecule has 0 aliphatic carbocycles. The number of methoxy groups -OCH3 is 1. The number of H-pyrrole nitrogens is 1. The molecule has 2 N–H and O–H groups in total. The number of benzene rings is 1. The van der Waals surface area contributed by atoms with Gasteiger partial charge in [0.15, 0.2) is 5.82 Å². The van der Waals surface area contributed by atoms with Gasteiger partial charge < -0.3 is 15.0 Å². The van der Waals surface area contributed by atoms with Crippen LogP contribution in [0.4, 0.5) is 5.82 Å². The van der Waals surface area contributed by atoms with Gasteiger partial charge in [0.25, 0.3) is 0 Å². The molecule has 0 saturated carbocycles. The van der Waals surface area contributed by atoms with Gasteiger partial charge in [-0.25, -0.2) is 9.97 Å². The number of carbonyl (C=O) groups is 2. The Morgan fingerprint density at radius 1 is 1.27 bits per heavy atom. The van der Waals surface area contributed by atoms with E-state index in [1.807, 2.05) is 36.1 Å². The van der Waals surface area contributed by atoms with E-state index in [4.69, 9.17) is 4.74 Å². The van der Waals surface area contributed by atoms with Gasteiger partial charge in [-0.05, 0) is 43.2 Å². The monoisotopic (exact) mass is 448 g/mol.